The summed E-state index contributed by atoms with van der Waals surface area (Å²) in [5.41, 5.74) is 2.77. The predicted octanol–water partition coefficient (Wildman–Crippen LogP) is 9.26. The summed E-state index contributed by atoms with van der Waals surface area (Å²) in [6.07, 6.45) is 21.2. The molecule has 181 valence electrons. The summed E-state index contributed by atoms with van der Waals surface area (Å²) in [7, 11) is 1.43. The summed E-state index contributed by atoms with van der Waals surface area (Å²) < 4.78 is 11.3. The van der Waals surface area contributed by atoms with Crippen LogP contribution >= 0.6 is 0 Å². The monoisotopic (exact) mass is 449 g/mol. The number of benzene rings is 2. The fourth-order valence-corrected chi connectivity index (χ4v) is 4.18. The molecule has 33 heavy (non-hydrogen) atoms. The Labute approximate surface area is 204 Å². The van der Waals surface area contributed by atoms with Crippen LogP contribution in [0.4, 0.5) is 0 Å². The molecule has 0 aliphatic rings. The zero-order valence-electron chi connectivity index (χ0n) is 21.3. The summed E-state index contributed by atoms with van der Waals surface area (Å²) in [6, 6.07) is 16.8. The van der Waals surface area contributed by atoms with Gasteiger partial charge in [-0.15, -0.1) is 0 Å². The molecule has 0 fully saturated rings. The molecular formula is C30H46BO2. The van der Waals surface area contributed by atoms with Gasteiger partial charge in [0.2, 0.25) is 0 Å². The van der Waals surface area contributed by atoms with Gasteiger partial charge in [0, 0.05) is 0 Å². The molecule has 2 rings (SSSR count). The summed E-state index contributed by atoms with van der Waals surface area (Å²) in [4.78, 5) is 0. The lowest BCUT2D eigenvalue weighted by atomic mass is 10.0. The average molecular weight is 450 g/mol. The standard InChI is InChI=1S/C30H46BO2/c1-3-5-7-9-11-13-15-17-27-19-23-29(24-20-27)32-31-33-30-25-21-28(22-26-30)18-16-14-12-10-8-6-4-2/h19-26H,3-18H2,1-2H3. The fraction of sp³-hybridized carbons (Fsp3) is 0.600. The Kier molecular flexibility index (Phi) is 15.4. The third-order valence-corrected chi connectivity index (χ3v) is 6.35. The van der Waals surface area contributed by atoms with Crippen LogP contribution < -0.4 is 9.31 Å². The smallest absolute Gasteiger partial charge is 0.526 e. The largest absolute Gasteiger partial charge is 0.658 e. The molecule has 2 aromatic rings. The molecular weight excluding hydrogens is 403 g/mol. The van der Waals surface area contributed by atoms with Crippen molar-refractivity contribution in [1.29, 1.82) is 0 Å². The number of hydrogen-bond acceptors (Lipinski definition) is 2. The molecule has 0 heterocycles. The predicted molar refractivity (Wildman–Crippen MR) is 143 cm³/mol. The van der Waals surface area contributed by atoms with Crippen molar-refractivity contribution >= 4 is 7.69 Å². The van der Waals surface area contributed by atoms with Crippen molar-refractivity contribution in [3.8, 4) is 11.5 Å². The van der Waals surface area contributed by atoms with Crippen LogP contribution in [0.2, 0.25) is 0 Å². The van der Waals surface area contributed by atoms with Gasteiger partial charge in [-0.2, -0.15) is 0 Å². The van der Waals surface area contributed by atoms with E-state index in [0.717, 1.165) is 24.3 Å². The highest BCUT2D eigenvalue weighted by molar-refractivity contribution is 6.20. The maximum Gasteiger partial charge on any atom is 0.658 e. The van der Waals surface area contributed by atoms with Gasteiger partial charge >= 0.3 is 7.69 Å². The molecule has 0 spiro atoms. The van der Waals surface area contributed by atoms with Gasteiger partial charge in [-0.05, 0) is 61.1 Å². The van der Waals surface area contributed by atoms with Crippen molar-refractivity contribution in [2.45, 2.75) is 117 Å². The van der Waals surface area contributed by atoms with E-state index in [2.05, 4.69) is 38.1 Å². The number of aryl methyl sites for hydroxylation is 2. The molecule has 0 saturated heterocycles. The van der Waals surface area contributed by atoms with Crippen molar-refractivity contribution in [2.24, 2.45) is 0 Å². The zero-order valence-corrected chi connectivity index (χ0v) is 21.3. The van der Waals surface area contributed by atoms with Crippen LogP contribution in [0.15, 0.2) is 48.5 Å². The second-order valence-corrected chi connectivity index (χ2v) is 9.36. The van der Waals surface area contributed by atoms with E-state index in [4.69, 9.17) is 9.31 Å². The first-order chi connectivity index (χ1) is 16.3. The van der Waals surface area contributed by atoms with E-state index in [-0.39, 0.29) is 0 Å². The second-order valence-electron chi connectivity index (χ2n) is 9.36. The van der Waals surface area contributed by atoms with E-state index in [1.165, 1.54) is 109 Å². The highest BCUT2D eigenvalue weighted by atomic mass is 16.6. The average Bonchev–Trinajstić information content (AvgIpc) is 2.85. The van der Waals surface area contributed by atoms with Crippen LogP contribution in [0.5, 0.6) is 11.5 Å². The summed E-state index contributed by atoms with van der Waals surface area (Å²) in [5.74, 6) is 1.63. The molecule has 0 aliphatic carbocycles. The lowest BCUT2D eigenvalue weighted by Crippen LogP contribution is -2.10. The first-order valence-corrected chi connectivity index (χ1v) is 13.6. The minimum absolute atomic E-state index is 0.814. The first kappa shape index (κ1) is 27.4. The molecule has 0 atom stereocenters. The van der Waals surface area contributed by atoms with Crippen molar-refractivity contribution in [2.75, 3.05) is 0 Å². The van der Waals surface area contributed by atoms with Gasteiger partial charge in [-0.3, -0.25) is 0 Å². The van der Waals surface area contributed by atoms with Crippen molar-refractivity contribution < 1.29 is 9.31 Å². The third-order valence-electron chi connectivity index (χ3n) is 6.35. The van der Waals surface area contributed by atoms with Crippen LogP contribution in [0.3, 0.4) is 0 Å². The lowest BCUT2D eigenvalue weighted by Gasteiger charge is -2.08. The van der Waals surface area contributed by atoms with Crippen molar-refractivity contribution in [3.63, 3.8) is 0 Å². The van der Waals surface area contributed by atoms with Crippen LogP contribution in [-0.2, 0) is 12.8 Å². The Bertz CT molecular complexity index is 635. The summed E-state index contributed by atoms with van der Waals surface area (Å²) in [5, 5.41) is 0. The molecule has 0 aliphatic heterocycles. The molecule has 0 N–H and O–H groups in total. The minimum atomic E-state index is 0.814. The molecule has 1 radical (unpaired) electrons. The summed E-state index contributed by atoms with van der Waals surface area (Å²) >= 11 is 0. The van der Waals surface area contributed by atoms with Crippen molar-refractivity contribution in [3.05, 3.63) is 59.7 Å². The van der Waals surface area contributed by atoms with Gasteiger partial charge in [0.1, 0.15) is 11.5 Å². The molecule has 2 aromatic carbocycles. The van der Waals surface area contributed by atoms with Crippen LogP contribution in [0.25, 0.3) is 0 Å². The van der Waals surface area contributed by atoms with Gasteiger partial charge in [-0.1, -0.05) is 115 Å². The number of unbranched alkanes of at least 4 members (excludes halogenated alkanes) is 12. The highest BCUT2D eigenvalue weighted by Crippen LogP contribution is 2.17. The van der Waals surface area contributed by atoms with Crippen molar-refractivity contribution in [1.82, 2.24) is 0 Å². The molecule has 0 aromatic heterocycles. The van der Waals surface area contributed by atoms with E-state index >= 15 is 0 Å². The van der Waals surface area contributed by atoms with Gasteiger partial charge < -0.3 is 9.31 Å². The van der Waals surface area contributed by atoms with E-state index in [0.29, 0.717) is 0 Å². The first-order valence-electron chi connectivity index (χ1n) is 13.6. The fourth-order valence-electron chi connectivity index (χ4n) is 4.18. The minimum Gasteiger partial charge on any atom is -0.526 e. The molecule has 0 unspecified atom stereocenters. The topological polar surface area (TPSA) is 18.5 Å². The quantitative estimate of drug-likeness (QED) is 0.148. The zero-order chi connectivity index (χ0) is 23.4. The summed E-state index contributed by atoms with van der Waals surface area (Å²) in [6.45, 7) is 4.54. The maximum atomic E-state index is 5.65. The van der Waals surface area contributed by atoms with Gasteiger partial charge in [0.25, 0.3) is 0 Å². The van der Waals surface area contributed by atoms with Gasteiger partial charge in [-0.25, -0.2) is 0 Å². The Morgan fingerprint density at radius 1 is 0.455 bits per heavy atom. The third kappa shape index (κ3) is 13.4. The molecule has 0 bridgehead atoms. The van der Waals surface area contributed by atoms with E-state index in [1.54, 1.807) is 0 Å². The Morgan fingerprint density at radius 2 is 0.788 bits per heavy atom. The Hall–Kier alpha value is -1.90. The number of rotatable bonds is 20. The number of hydrogen-bond donors (Lipinski definition) is 0. The van der Waals surface area contributed by atoms with Crippen LogP contribution in [-0.4, -0.2) is 7.69 Å². The SMILES string of the molecule is CCCCCCCCCc1ccc(O[B]Oc2ccc(CCCCCCCCC)cc2)cc1. The Morgan fingerprint density at radius 3 is 1.15 bits per heavy atom. The lowest BCUT2D eigenvalue weighted by molar-refractivity contribution is 0.458. The van der Waals surface area contributed by atoms with E-state index in [9.17, 15) is 0 Å². The second kappa shape index (κ2) is 18.5. The van der Waals surface area contributed by atoms with Gasteiger partial charge in [0.15, 0.2) is 0 Å². The van der Waals surface area contributed by atoms with Gasteiger partial charge in [0.05, 0.1) is 0 Å². The molecule has 0 saturated carbocycles. The van der Waals surface area contributed by atoms with Crippen LogP contribution in [0, 0.1) is 0 Å². The normalized spacial score (nSPS) is 10.8. The molecule has 2 nitrogen and oxygen atoms in total. The molecule has 3 heteroatoms. The highest BCUT2D eigenvalue weighted by Gasteiger charge is 2.03. The Balaban J connectivity index is 1.54. The molecule has 0 amide bonds. The van der Waals surface area contributed by atoms with E-state index in [1.807, 2.05) is 24.3 Å². The van der Waals surface area contributed by atoms with Crippen LogP contribution in [0.1, 0.15) is 115 Å². The van der Waals surface area contributed by atoms with E-state index < -0.39 is 0 Å². The maximum absolute atomic E-state index is 5.65.